The van der Waals surface area contributed by atoms with Crippen LogP contribution in [0.5, 0.6) is 0 Å². The van der Waals surface area contributed by atoms with Gasteiger partial charge in [0, 0.05) is 11.6 Å². The van der Waals surface area contributed by atoms with E-state index in [1.807, 2.05) is 19.9 Å². The van der Waals surface area contributed by atoms with Crippen LogP contribution in [0.3, 0.4) is 0 Å². The number of hydrogen-bond donors (Lipinski definition) is 1. The average molecular weight is 260 g/mol. The molecule has 0 aliphatic rings. The lowest BCUT2D eigenvalue weighted by molar-refractivity contribution is 0.585. The first-order valence-corrected chi connectivity index (χ1v) is 6.58. The summed E-state index contributed by atoms with van der Waals surface area (Å²) < 4.78 is 26.0. The minimum atomic E-state index is -3.50. The molecule has 16 heavy (non-hydrogen) atoms. The van der Waals surface area contributed by atoms with E-state index in [2.05, 4.69) is 11.3 Å². The SMILES string of the molecule is C=C(Cl)CNS(=O)(=O)c1cc(C)cc(C)c1. The molecule has 0 bridgehead atoms. The summed E-state index contributed by atoms with van der Waals surface area (Å²) in [6.45, 7) is 7.17. The number of hydrogen-bond acceptors (Lipinski definition) is 2. The minimum Gasteiger partial charge on any atom is -0.207 e. The summed E-state index contributed by atoms with van der Waals surface area (Å²) in [6.07, 6.45) is 0. The second kappa shape index (κ2) is 4.99. The molecule has 0 aliphatic heterocycles. The third-order valence-corrected chi connectivity index (χ3v) is 3.47. The minimum absolute atomic E-state index is 0.0386. The van der Waals surface area contributed by atoms with Crippen LogP contribution in [0.25, 0.3) is 0 Å². The Morgan fingerprint density at radius 1 is 1.31 bits per heavy atom. The molecular weight excluding hydrogens is 246 g/mol. The molecule has 0 saturated heterocycles. The van der Waals surface area contributed by atoms with Crippen molar-refractivity contribution in [3.63, 3.8) is 0 Å². The monoisotopic (exact) mass is 259 g/mol. The van der Waals surface area contributed by atoms with E-state index in [1.54, 1.807) is 12.1 Å². The highest BCUT2D eigenvalue weighted by atomic mass is 35.5. The smallest absolute Gasteiger partial charge is 0.207 e. The largest absolute Gasteiger partial charge is 0.240 e. The summed E-state index contributed by atoms with van der Waals surface area (Å²) in [5.74, 6) is 0. The van der Waals surface area contributed by atoms with E-state index in [9.17, 15) is 8.42 Å². The van der Waals surface area contributed by atoms with Gasteiger partial charge in [-0.25, -0.2) is 13.1 Å². The normalized spacial score (nSPS) is 11.4. The Bertz CT molecular complexity index is 488. The van der Waals surface area contributed by atoms with E-state index in [4.69, 9.17) is 11.6 Å². The number of halogens is 1. The Morgan fingerprint density at radius 2 is 1.81 bits per heavy atom. The van der Waals surface area contributed by atoms with Gasteiger partial charge < -0.3 is 0 Å². The fourth-order valence-corrected chi connectivity index (χ4v) is 2.70. The summed E-state index contributed by atoms with van der Waals surface area (Å²) in [7, 11) is -3.50. The highest BCUT2D eigenvalue weighted by Gasteiger charge is 2.14. The standard InChI is InChI=1S/C11H14ClNO2S/c1-8-4-9(2)6-11(5-8)16(14,15)13-7-10(3)12/h4-6,13H,3,7H2,1-2H3. The highest BCUT2D eigenvalue weighted by molar-refractivity contribution is 7.89. The van der Waals surface area contributed by atoms with Crippen molar-refractivity contribution in [1.82, 2.24) is 4.72 Å². The number of aryl methyl sites for hydroxylation is 2. The molecule has 0 saturated carbocycles. The molecule has 0 aliphatic carbocycles. The van der Waals surface area contributed by atoms with Crippen LogP contribution in [0.4, 0.5) is 0 Å². The molecule has 0 unspecified atom stereocenters. The zero-order valence-corrected chi connectivity index (χ0v) is 10.8. The van der Waals surface area contributed by atoms with Crippen LogP contribution in [0.15, 0.2) is 34.7 Å². The molecule has 1 N–H and O–H groups in total. The lowest BCUT2D eigenvalue weighted by Crippen LogP contribution is -2.25. The zero-order chi connectivity index (χ0) is 12.3. The van der Waals surface area contributed by atoms with Crippen LogP contribution in [-0.2, 0) is 10.0 Å². The first kappa shape index (κ1) is 13.2. The number of benzene rings is 1. The molecule has 0 heterocycles. The van der Waals surface area contributed by atoms with E-state index in [-0.39, 0.29) is 16.5 Å². The topological polar surface area (TPSA) is 46.2 Å². The third-order valence-electron chi connectivity index (χ3n) is 1.96. The van der Waals surface area contributed by atoms with Gasteiger partial charge in [0.2, 0.25) is 10.0 Å². The molecule has 3 nitrogen and oxygen atoms in total. The first-order valence-electron chi connectivity index (χ1n) is 4.72. The predicted octanol–water partition coefficient (Wildman–Crippen LogP) is 2.33. The molecule has 0 amide bonds. The van der Waals surface area contributed by atoms with Crippen molar-refractivity contribution in [2.24, 2.45) is 0 Å². The van der Waals surface area contributed by atoms with Gasteiger partial charge in [-0.3, -0.25) is 0 Å². The van der Waals surface area contributed by atoms with Gasteiger partial charge in [-0.15, -0.1) is 0 Å². The second-order valence-electron chi connectivity index (χ2n) is 3.67. The summed E-state index contributed by atoms with van der Waals surface area (Å²) in [6, 6.07) is 5.15. The van der Waals surface area contributed by atoms with Crippen LogP contribution >= 0.6 is 11.6 Å². The Hall–Kier alpha value is -0.840. The van der Waals surface area contributed by atoms with Gasteiger partial charge in [0.25, 0.3) is 0 Å². The average Bonchev–Trinajstić information content (AvgIpc) is 2.13. The molecule has 0 atom stereocenters. The van der Waals surface area contributed by atoms with E-state index in [1.165, 1.54) is 0 Å². The van der Waals surface area contributed by atoms with Crippen LogP contribution in [0, 0.1) is 13.8 Å². The zero-order valence-electron chi connectivity index (χ0n) is 9.25. The fourth-order valence-electron chi connectivity index (χ4n) is 1.34. The van der Waals surface area contributed by atoms with Crippen molar-refractivity contribution >= 4 is 21.6 Å². The van der Waals surface area contributed by atoms with Crippen LogP contribution in [0.1, 0.15) is 11.1 Å². The Morgan fingerprint density at radius 3 is 2.25 bits per heavy atom. The molecule has 1 rings (SSSR count). The van der Waals surface area contributed by atoms with E-state index >= 15 is 0 Å². The number of rotatable bonds is 4. The van der Waals surface area contributed by atoms with Gasteiger partial charge >= 0.3 is 0 Å². The molecule has 88 valence electrons. The maximum absolute atomic E-state index is 11.8. The number of sulfonamides is 1. The molecule has 0 fully saturated rings. The van der Waals surface area contributed by atoms with Crippen molar-refractivity contribution in [2.75, 3.05) is 6.54 Å². The summed E-state index contributed by atoms with van der Waals surface area (Å²) in [5, 5.41) is 0.257. The maximum Gasteiger partial charge on any atom is 0.240 e. The Balaban J connectivity index is 3.02. The van der Waals surface area contributed by atoms with Crippen molar-refractivity contribution in [3.05, 3.63) is 40.9 Å². The predicted molar refractivity (Wildman–Crippen MR) is 66.1 cm³/mol. The van der Waals surface area contributed by atoms with E-state index < -0.39 is 10.0 Å². The van der Waals surface area contributed by atoms with Crippen LogP contribution in [0.2, 0.25) is 0 Å². The first-order chi connectivity index (χ1) is 7.31. The molecule has 1 aromatic rings. The quantitative estimate of drug-likeness (QED) is 0.902. The summed E-state index contributed by atoms with van der Waals surface area (Å²) in [4.78, 5) is 0.253. The molecule has 5 heteroatoms. The van der Waals surface area contributed by atoms with Crippen molar-refractivity contribution in [2.45, 2.75) is 18.7 Å². The van der Waals surface area contributed by atoms with Crippen LogP contribution < -0.4 is 4.72 Å². The Labute approximate surface area is 101 Å². The van der Waals surface area contributed by atoms with Crippen LogP contribution in [-0.4, -0.2) is 15.0 Å². The van der Waals surface area contributed by atoms with Crippen molar-refractivity contribution in [3.8, 4) is 0 Å². The number of nitrogens with one attached hydrogen (secondary N) is 1. The molecule has 0 aromatic heterocycles. The maximum atomic E-state index is 11.8. The van der Waals surface area contributed by atoms with Gasteiger partial charge in [-0.1, -0.05) is 24.2 Å². The fraction of sp³-hybridized carbons (Fsp3) is 0.273. The lowest BCUT2D eigenvalue weighted by atomic mass is 10.2. The molecular formula is C11H14ClNO2S. The van der Waals surface area contributed by atoms with Crippen molar-refractivity contribution in [1.29, 1.82) is 0 Å². The summed E-state index contributed by atoms with van der Waals surface area (Å²) >= 11 is 5.51. The van der Waals surface area contributed by atoms with Crippen molar-refractivity contribution < 1.29 is 8.42 Å². The molecule has 0 radical (unpaired) electrons. The third kappa shape index (κ3) is 3.63. The molecule has 1 aromatic carbocycles. The van der Waals surface area contributed by atoms with E-state index in [0.29, 0.717) is 0 Å². The van der Waals surface area contributed by atoms with Gasteiger partial charge in [0.05, 0.1) is 4.90 Å². The molecule has 0 spiro atoms. The van der Waals surface area contributed by atoms with Gasteiger partial charge in [0.15, 0.2) is 0 Å². The van der Waals surface area contributed by atoms with Gasteiger partial charge in [-0.05, 0) is 37.1 Å². The van der Waals surface area contributed by atoms with E-state index in [0.717, 1.165) is 11.1 Å². The summed E-state index contributed by atoms with van der Waals surface area (Å²) in [5.41, 5.74) is 1.81. The highest BCUT2D eigenvalue weighted by Crippen LogP contribution is 2.14. The van der Waals surface area contributed by atoms with Gasteiger partial charge in [0.1, 0.15) is 0 Å². The second-order valence-corrected chi connectivity index (χ2v) is 5.97. The lowest BCUT2D eigenvalue weighted by Gasteiger charge is -2.07. The Kier molecular flexibility index (Phi) is 4.13. The van der Waals surface area contributed by atoms with Gasteiger partial charge in [-0.2, -0.15) is 0 Å².